The monoisotopic (exact) mass is 276 g/mol. The fourth-order valence-electron chi connectivity index (χ4n) is 1.81. The maximum atomic E-state index is 11.9. The number of rotatable bonds is 8. The number of carbonyl (C=O) groups excluding carboxylic acids is 1. The smallest absolute Gasteiger partial charge is 0.321 e. The Hall–Kier alpha value is -2.14. The van der Waals surface area contributed by atoms with Crippen molar-refractivity contribution in [2.45, 2.75) is 25.8 Å². The van der Waals surface area contributed by atoms with Crippen LogP contribution in [-0.2, 0) is 16.0 Å². The maximum absolute atomic E-state index is 11.9. The van der Waals surface area contributed by atoms with E-state index in [1.807, 2.05) is 31.2 Å². The third-order valence-electron chi connectivity index (χ3n) is 2.87. The van der Waals surface area contributed by atoms with Crippen LogP contribution in [0.25, 0.3) is 0 Å². The zero-order valence-electron chi connectivity index (χ0n) is 11.6. The van der Waals surface area contributed by atoms with E-state index in [1.54, 1.807) is 6.08 Å². The molecule has 0 bridgehead atoms. The molecular formula is C15H20N2O3. The first-order chi connectivity index (χ1) is 9.58. The van der Waals surface area contributed by atoms with Gasteiger partial charge in [-0.2, -0.15) is 0 Å². The van der Waals surface area contributed by atoms with Gasteiger partial charge in [-0.3, -0.25) is 9.59 Å². The molecule has 1 atom stereocenters. The number of carboxylic acid groups (broad SMARTS) is 1. The average Bonchev–Trinajstić information content (AvgIpc) is 2.43. The van der Waals surface area contributed by atoms with E-state index in [0.717, 1.165) is 17.7 Å². The minimum absolute atomic E-state index is 0.124. The van der Waals surface area contributed by atoms with Gasteiger partial charge in [0, 0.05) is 12.2 Å². The number of para-hydroxylation sites is 1. The van der Waals surface area contributed by atoms with Crippen molar-refractivity contribution >= 4 is 17.6 Å². The summed E-state index contributed by atoms with van der Waals surface area (Å²) in [6, 6.07) is 6.56. The van der Waals surface area contributed by atoms with Crippen molar-refractivity contribution in [3.63, 3.8) is 0 Å². The summed E-state index contributed by atoms with van der Waals surface area (Å²) in [7, 11) is 0. The van der Waals surface area contributed by atoms with Crippen molar-refractivity contribution in [2.24, 2.45) is 0 Å². The summed E-state index contributed by atoms with van der Waals surface area (Å²) in [6.45, 7) is 5.85. The molecule has 0 aliphatic heterocycles. The molecule has 0 heterocycles. The summed E-state index contributed by atoms with van der Waals surface area (Å²) >= 11 is 0. The van der Waals surface area contributed by atoms with E-state index < -0.39 is 12.0 Å². The first kappa shape index (κ1) is 15.9. The summed E-state index contributed by atoms with van der Waals surface area (Å²) in [5, 5.41) is 14.5. The van der Waals surface area contributed by atoms with Gasteiger partial charge in [-0.15, -0.1) is 6.58 Å². The molecule has 1 amide bonds. The average molecular weight is 276 g/mol. The van der Waals surface area contributed by atoms with Gasteiger partial charge < -0.3 is 15.7 Å². The molecule has 0 spiro atoms. The van der Waals surface area contributed by atoms with E-state index in [9.17, 15) is 9.59 Å². The highest BCUT2D eigenvalue weighted by Gasteiger charge is 2.20. The number of aryl methyl sites for hydroxylation is 1. The molecule has 0 aliphatic rings. The minimum atomic E-state index is -1.05. The number of hydrogen-bond donors (Lipinski definition) is 3. The number of nitrogens with one attached hydrogen (secondary N) is 2. The topological polar surface area (TPSA) is 78.4 Å². The Morgan fingerprint density at radius 1 is 1.40 bits per heavy atom. The molecule has 0 saturated heterocycles. The van der Waals surface area contributed by atoms with Crippen LogP contribution in [0.4, 0.5) is 5.69 Å². The predicted octanol–water partition coefficient (Wildman–Crippen LogP) is 1.81. The lowest BCUT2D eigenvalue weighted by atomic mass is 10.1. The van der Waals surface area contributed by atoms with Gasteiger partial charge in [0.1, 0.15) is 6.04 Å². The minimum Gasteiger partial charge on any atom is -0.480 e. The molecule has 3 N–H and O–H groups in total. The first-order valence-corrected chi connectivity index (χ1v) is 6.53. The van der Waals surface area contributed by atoms with Gasteiger partial charge in [-0.05, 0) is 18.1 Å². The van der Waals surface area contributed by atoms with E-state index in [0.29, 0.717) is 6.54 Å². The van der Waals surface area contributed by atoms with Crippen molar-refractivity contribution in [1.82, 2.24) is 5.32 Å². The SMILES string of the molecule is C=CCNC(CC(=O)Nc1ccccc1CC)C(=O)O. The van der Waals surface area contributed by atoms with Gasteiger partial charge in [0.25, 0.3) is 0 Å². The molecule has 5 heteroatoms. The molecular weight excluding hydrogens is 256 g/mol. The maximum Gasteiger partial charge on any atom is 0.321 e. The van der Waals surface area contributed by atoms with Crippen LogP contribution < -0.4 is 10.6 Å². The Kier molecular flexibility index (Phi) is 6.46. The molecule has 0 saturated carbocycles. The summed E-state index contributed by atoms with van der Waals surface area (Å²) < 4.78 is 0. The van der Waals surface area contributed by atoms with E-state index >= 15 is 0 Å². The van der Waals surface area contributed by atoms with Gasteiger partial charge in [-0.1, -0.05) is 31.2 Å². The summed E-state index contributed by atoms with van der Waals surface area (Å²) in [4.78, 5) is 23.0. The van der Waals surface area contributed by atoms with Crippen LogP contribution in [0, 0.1) is 0 Å². The fraction of sp³-hybridized carbons (Fsp3) is 0.333. The van der Waals surface area contributed by atoms with E-state index in [2.05, 4.69) is 17.2 Å². The lowest BCUT2D eigenvalue weighted by molar-refractivity contribution is -0.140. The molecule has 0 aromatic heterocycles. The molecule has 0 aliphatic carbocycles. The molecule has 108 valence electrons. The highest BCUT2D eigenvalue weighted by molar-refractivity contribution is 5.94. The first-order valence-electron chi connectivity index (χ1n) is 6.53. The Balaban J connectivity index is 2.65. The zero-order valence-corrected chi connectivity index (χ0v) is 11.6. The number of anilines is 1. The van der Waals surface area contributed by atoms with E-state index in [-0.39, 0.29) is 12.3 Å². The number of benzene rings is 1. The highest BCUT2D eigenvalue weighted by atomic mass is 16.4. The molecule has 0 radical (unpaired) electrons. The van der Waals surface area contributed by atoms with Crippen LogP contribution in [0.1, 0.15) is 18.9 Å². The van der Waals surface area contributed by atoms with Crippen LogP contribution >= 0.6 is 0 Å². The Morgan fingerprint density at radius 3 is 2.70 bits per heavy atom. The van der Waals surface area contributed by atoms with Crippen LogP contribution in [0.15, 0.2) is 36.9 Å². The third-order valence-corrected chi connectivity index (χ3v) is 2.87. The second kappa shape index (κ2) is 8.12. The van der Waals surface area contributed by atoms with Crippen LogP contribution in [0.2, 0.25) is 0 Å². The quantitative estimate of drug-likeness (QED) is 0.633. The Labute approximate surface area is 118 Å². The molecule has 20 heavy (non-hydrogen) atoms. The molecule has 5 nitrogen and oxygen atoms in total. The van der Waals surface area contributed by atoms with Crippen molar-refractivity contribution in [2.75, 3.05) is 11.9 Å². The normalized spacial score (nSPS) is 11.7. The van der Waals surface area contributed by atoms with Crippen LogP contribution in [0.5, 0.6) is 0 Å². The second-order valence-electron chi connectivity index (χ2n) is 4.35. The molecule has 1 unspecified atom stereocenters. The second-order valence-corrected chi connectivity index (χ2v) is 4.35. The van der Waals surface area contributed by atoms with Gasteiger partial charge >= 0.3 is 5.97 Å². The number of carboxylic acids is 1. The van der Waals surface area contributed by atoms with Crippen LogP contribution in [-0.4, -0.2) is 29.6 Å². The van der Waals surface area contributed by atoms with Gasteiger partial charge in [0.2, 0.25) is 5.91 Å². The van der Waals surface area contributed by atoms with Gasteiger partial charge in [0.05, 0.1) is 6.42 Å². The molecule has 1 aromatic rings. The molecule has 0 fully saturated rings. The van der Waals surface area contributed by atoms with Crippen LogP contribution in [0.3, 0.4) is 0 Å². The molecule has 1 aromatic carbocycles. The lowest BCUT2D eigenvalue weighted by Gasteiger charge is -2.14. The van der Waals surface area contributed by atoms with Gasteiger partial charge in [0.15, 0.2) is 0 Å². The third kappa shape index (κ3) is 4.85. The predicted molar refractivity (Wildman–Crippen MR) is 78.7 cm³/mol. The van der Waals surface area contributed by atoms with E-state index in [4.69, 9.17) is 5.11 Å². The lowest BCUT2D eigenvalue weighted by Crippen LogP contribution is -2.39. The summed E-state index contributed by atoms with van der Waals surface area (Å²) in [6.07, 6.45) is 2.23. The standard InChI is InChI=1S/C15H20N2O3/c1-3-9-16-13(15(19)20)10-14(18)17-12-8-6-5-7-11(12)4-2/h3,5-8,13,16H,1,4,9-10H2,2H3,(H,17,18)(H,19,20). The Bertz CT molecular complexity index is 486. The highest BCUT2D eigenvalue weighted by Crippen LogP contribution is 2.15. The van der Waals surface area contributed by atoms with Crippen molar-refractivity contribution in [1.29, 1.82) is 0 Å². The number of aliphatic carboxylic acids is 1. The van der Waals surface area contributed by atoms with Crippen molar-refractivity contribution in [3.05, 3.63) is 42.5 Å². The number of carbonyl (C=O) groups is 2. The Morgan fingerprint density at radius 2 is 2.10 bits per heavy atom. The van der Waals surface area contributed by atoms with E-state index in [1.165, 1.54) is 0 Å². The zero-order chi connectivity index (χ0) is 15.0. The number of hydrogen-bond acceptors (Lipinski definition) is 3. The van der Waals surface area contributed by atoms with Gasteiger partial charge in [-0.25, -0.2) is 0 Å². The summed E-state index contributed by atoms with van der Waals surface area (Å²) in [5.41, 5.74) is 1.75. The number of amides is 1. The van der Waals surface area contributed by atoms with Crippen molar-refractivity contribution in [3.8, 4) is 0 Å². The summed E-state index contributed by atoms with van der Waals surface area (Å²) in [5.74, 6) is -1.37. The fourth-order valence-corrected chi connectivity index (χ4v) is 1.81. The van der Waals surface area contributed by atoms with Crippen molar-refractivity contribution < 1.29 is 14.7 Å². The largest absolute Gasteiger partial charge is 0.480 e. The molecule has 1 rings (SSSR count).